The van der Waals surface area contributed by atoms with Crippen LogP contribution in [0.1, 0.15) is 25.7 Å². The van der Waals surface area contributed by atoms with Gasteiger partial charge in [-0.2, -0.15) is 0 Å². The molecule has 1 aliphatic carbocycles. The van der Waals surface area contributed by atoms with Gasteiger partial charge in [-0.3, -0.25) is 10.1 Å². The third kappa shape index (κ3) is 2.27. The van der Waals surface area contributed by atoms with Gasteiger partial charge in [0, 0.05) is 19.2 Å². The Hall–Kier alpha value is -1.72. The summed E-state index contributed by atoms with van der Waals surface area (Å²) in [6, 6.07) is 3.17. The van der Waals surface area contributed by atoms with Crippen molar-refractivity contribution in [2.24, 2.45) is 5.41 Å². The van der Waals surface area contributed by atoms with Crippen molar-refractivity contribution in [1.29, 1.82) is 0 Å². The molecule has 0 N–H and O–H groups in total. The number of piperidine rings is 1. The van der Waals surface area contributed by atoms with Crippen LogP contribution < -0.4 is 4.90 Å². The smallest absolute Gasteiger partial charge is 0.287 e. The van der Waals surface area contributed by atoms with E-state index in [9.17, 15) is 14.5 Å². The molecule has 2 heterocycles. The first kappa shape index (κ1) is 12.3. The lowest BCUT2D eigenvalue weighted by Crippen LogP contribution is -2.48. The first-order chi connectivity index (χ1) is 9.08. The maximum absolute atomic E-state index is 13.0. The van der Waals surface area contributed by atoms with Crippen molar-refractivity contribution < 1.29 is 9.31 Å². The molecule has 5 nitrogen and oxygen atoms in total. The van der Waals surface area contributed by atoms with Crippen molar-refractivity contribution >= 4 is 11.5 Å². The van der Waals surface area contributed by atoms with Gasteiger partial charge in [0.15, 0.2) is 0 Å². The zero-order valence-corrected chi connectivity index (χ0v) is 10.6. The van der Waals surface area contributed by atoms with Gasteiger partial charge < -0.3 is 4.90 Å². The molecule has 102 valence electrons. The summed E-state index contributed by atoms with van der Waals surface area (Å²) in [6.45, 7) is 1.72. The normalized spacial score (nSPS) is 22.3. The molecule has 1 aromatic rings. The average molecular weight is 265 g/mol. The monoisotopic (exact) mass is 265 g/mol. The predicted molar refractivity (Wildman–Crippen MR) is 68.9 cm³/mol. The van der Waals surface area contributed by atoms with Gasteiger partial charge in [0.05, 0.1) is 4.92 Å². The molecule has 2 aliphatic rings. The Morgan fingerprint density at radius 2 is 2.05 bits per heavy atom. The average Bonchev–Trinajstić information content (AvgIpc) is 2.38. The molecule has 1 saturated carbocycles. The van der Waals surface area contributed by atoms with Crippen LogP contribution in [0.25, 0.3) is 0 Å². The van der Waals surface area contributed by atoms with Crippen LogP contribution in [0, 0.1) is 15.5 Å². The maximum atomic E-state index is 13.0. The lowest BCUT2D eigenvalue weighted by atomic mass is 9.62. The second kappa shape index (κ2) is 4.43. The highest BCUT2D eigenvalue weighted by molar-refractivity contribution is 5.43. The molecule has 2 fully saturated rings. The highest BCUT2D eigenvalue weighted by Crippen LogP contribution is 2.50. The molecule has 0 unspecified atom stereocenters. The Morgan fingerprint density at radius 3 is 2.53 bits per heavy atom. The molecule has 1 saturated heterocycles. The predicted octanol–water partition coefficient (Wildman–Crippen LogP) is 2.71. The van der Waals surface area contributed by atoms with Crippen LogP contribution in [-0.2, 0) is 0 Å². The summed E-state index contributed by atoms with van der Waals surface area (Å²) in [6.07, 6.45) is 4.08. The van der Waals surface area contributed by atoms with E-state index in [0.717, 1.165) is 31.7 Å². The number of hydrogen-bond acceptors (Lipinski definition) is 4. The van der Waals surface area contributed by atoms with E-state index in [2.05, 4.69) is 9.88 Å². The molecule has 0 radical (unpaired) electrons. The number of nitro groups is 1. The van der Waals surface area contributed by atoms with E-state index in [1.165, 1.54) is 12.3 Å². The Morgan fingerprint density at radius 1 is 1.37 bits per heavy atom. The molecule has 6 heteroatoms. The highest BCUT2D eigenvalue weighted by Gasteiger charge is 2.46. The molecule has 1 aromatic heterocycles. The summed E-state index contributed by atoms with van der Waals surface area (Å²) in [7, 11) is 0. The summed E-state index contributed by atoms with van der Waals surface area (Å²) in [5.74, 6) is 0.775. The SMILES string of the molecule is O=[N+]([O-])c1ccc(N2CCC3(CC2)CC(F)C3)nc1. The molecule has 0 amide bonds. The van der Waals surface area contributed by atoms with E-state index in [1.54, 1.807) is 6.07 Å². The summed E-state index contributed by atoms with van der Waals surface area (Å²) < 4.78 is 13.0. The minimum Gasteiger partial charge on any atom is -0.357 e. The number of rotatable bonds is 2. The minimum absolute atomic E-state index is 0.0106. The lowest BCUT2D eigenvalue weighted by Gasteiger charge is -2.49. The van der Waals surface area contributed by atoms with Crippen LogP contribution in [0.3, 0.4) is 0 Å². The zero-order valence-electron chi connectivity index (χ0n) is 10.6. The van der Waals surface area contributed by atoms with Gasteiger partial charge >= 0.3 is 0 Å². The van der Waals surface area contributed by atoms with Crippen LogP contribution in [0.5, 0.6) is 0 Å². The summed E-state index contributed by atoms with van der Waals surface area (Å²) >= 11 is 0. The fourth-order valence-electron chi connectivity index (χ4n) is 3.17. The standard InChI is InChI=1S/C13H16FN3O2/c14-10-7-13(8-10)3-5-16(6-4-13)12-2-1-11(9-15-12)17(18)19/h1-2,9-10H,3-8H2. The number of alkyl halides is 1. The number of aromatic nitrogens is 1. The molecule has 1 spiro atoms. The van der Waals surface area contributed by atoms with Gasteiger partial charge in [0.2, 0.25) is 0 Å². The largest absolute Gasteiger partial charge is 0.357 e. The van der Waals surface area contributed by atoms with Crippen molar-refractivity contribution in [2.75, 3.05) is 18.0 Å². The summed E-state index contributed by atoms with van der Waals surface area (Å²) in [4.78, 5) is 16.4. The Labute approximate surface area is 110 Å². The molecule has 0 bridgehead atoms. The van der Waals surface area contributed by atoms with Crippen molar-refractivity contribution in [3.8, 4) is 0 Å². The second-order valence-corrected chi connectivity index (χ2v) is 5.62. The number of halogens is 1. The Bertz CT molecular complexity index is 475. The van der Waals surface area contributed by atoms with E-state index >= 15 is 0 Å². The second-order valence-electron chi connectivity index (χ2n) is 5.62. The number of pyridine rings is 1. The van der Waals surface area contributed by atoms with Gasteiger partial charge in [-0.05, 0) is 37.2 Å². The zero-order chi connectivity index (χ0) is 13.5. The molecular formula is C13H16FN3O2. The van der Waals surface area contributed by atoms with Crippen LogP contribution in [0.2, 0.25) is 0 Å². The molecular weight excluding hydrogens is 249 g/mol. The topological polar surface area (TPSA) is 59.3 Å². The van der Waals surface area contributed by atoms with Crippen molar-refractivity contribution in [3.63, 3.8) is 0 Å². The minimum atomic E-state index is -0.607. The third-order valence-corrected chi connectivity index (χ3v) is 4.40. The highest BCUT2D eigenvalue weighted by atomic mass is 19.1. The Balaban J connectivity index is 1.63. The van der Waals surface area contributed by atoms with E-state index in [-0.39, 0.29) is 11.1 Å². The quantitative estimate of drug-likeness (QED) is 0.609. The van der Waals surface area contributed by atoms with Gasteiger partial charge in [0.1, 0.15) is 18.2 Å². The van der Waals surface area contributed by atoms with Gasteiger partial charge in [0.25, 0.3) is 5.69 Å². The van der Waals surface area contributed by atoms with Gasteiger partial charge in [-0.1, -0.05) is 0 Å². The van der Waals surface area contributed by atoms with Crippen molar-refractivity contribution in [3.05, 3.63) is 28.4 Å². The molecule has 0 aromatic carbocycles. The molecule has 1 aliphatic heterocycles. The summed E-state index contributed by atoms with van der Waals surface area (Å²) in [5.41, 5.74) is 0.230. The van der Waals surface area contributed by atoms with Crippen molar-refractivity contribution in [2.45, 2.75) is 31.9 Å². The molecule has 19 heavy (non-hydrogen) atoms. The van der Waals surface area contributed by atoms with Crippen molar-refractivity contribution in [1.82, 2.24) is 4.98 Å². The first-order valence-electron chi connectivity index (χ1n) is 6.57. The van der Waals surface area contributed by atoms with Crippen LogP contribution in [0.4, 0.5) is 15.9 Å². The van der Waals surface area contributed by atoms with E-state index in [0.29, 0.717) is 12.8 Å². The number of anilines is 1. The summed E-state index contributed by atoms with van der Waals surface area (Å²) in [5, 5.41) is 10.6. The third-order valence-electron chi connectivity index (χ3n) is 4.40. The van der Waals surface area contributed by atoms with Gasteiger partial charge in [-0.25, -0.2) is 9.37 Å². The van der Waals surface area contributed by atoms with E-state index in [4.69, 9.17) is 0 Å². The molecule has 0 atom stereocenters. The number of nitrogens with zero attached hydrogens (tertiary/aromatic N) is 3. The van der Waals surface area contributed by atoms with E-state index in [1.807, 2.05) is 0 Å². The number of hydrogen-bond donors (Lipinski definition) is 0. The van der Waals surface area contributed by atoms with Crippen LogP contribution >= 0.6 is 0 Å². The fourth-order valence-corrected chi connectivity index (χ4v) is 3.17. The Kier molecular flexibility index (Phi) is 2.88. The fraction of sp³-hybridized carbons (Fsp3) is 0.615. The maximum Gasteiger partial charge on any atom is 0.287 e. The first-order valence-corrected chi connectivity index (χ1v) is 6.57. The van der Waals surface area contributed by atoms with Gasteiger partial charge in [-0.15, -0.1) is 0 Å². The van der Waals surface area contributed by atoms with Crippen LogP contribution in [-0.4, -0.2) is 29.2 Å². The van der Waals surface area contributed by atoms with Crippen LogP contribution in [0.15, 0.2) is 18.3 Å². The van der Waals surface area contributed by atoms with E-state index < -0.39 is 11.1 Å². The molecule has 3 rings (SSSR count). The lowest BCUT2D eigenvalue weighted by molar-refractivity contribution is -0.385.